The van der Waals surface area contributed by atoms with Crippen LogP contribution in [0.1, 0.15) is 10.4 Å². The molecule has 10 nitrogen and oxygen atoms in total. The van der Waals surface area contributed by atoms with E-state index >= 15 is 0 Å². The minimum atomic E-state index is -0.866. The Labute approximate surface area is 203 Å². The van der Waals surface area contributed by atoms with E-state index in [4.69, 9.17) is 13.9 Å². The smallest absolute Gasteiger partial charge is 0.343 e. The molecule has 0 atom stereocenters. The van der Waals surface area contributed by atoms with E-state index in [0.717, 1.165) is 37.0 Å². The van der Waals surface area contributed by atoms with Crippen molar-refractivity contribution in [1.82, 2.24) is 0 Å². The molecule has 0 aliphatic carbocycles. The molecule has 10 heteroatoms. The maximum absolute atomic E-state index is 13.3. The summed E-state index contributed by atoms with van der Waals surface area (Å²) in [6.07, 6.45) is 0. The standard InChI is InChI=1S/C26H21NO9/c28-17-12-20(31)22-21(13-17)35-24(15-3-6-18(29)19(30)11-15)25(23(22)32)36-26(33)14-1-4-16(5-2-14)27-7-9-34-10-8-27/h1-6,11-13,28-31H,7-10H2. The number of carbonyl (C=O) groups excluding carboxylic acids is 1. The van der Waals surface area contributed by atoms with Crippen molar-refractivity contribution in [2.24, 2.45) is 0 Å². The van der Waals surface area contributed by atoms with Crippen LogP contribution >= 0.6 is 0 Å². The van der Waals surface area contributed by atoms with E-state index in [1.807, 2.05) is 0 Å². The Morgan fingerprint density at radius 2 is 1.58 bits per heavy atom. The summed E-state index contributed by atoms with van der Waals surface area (Å²) in [6, 6.07) is 12.4. The number of fused-ring (bicyclic) bond motifs is 1. The van der Waals surface area contributed by atoms with Crippen LogP contribution in [-0.4, -0.2) is 52.7 Å². The first-order chi connectivity index (χ1) is 17.3. The van der Waals surface area contributed by atoms with Crippen molar-refractivity contribution in [3.05, 3.63) is 70.4 Å². The third-order valence-electron chi connectivity index (χ3n) is 5.83. The zero-order valence-corrected chi connectivity index (χ0v) is 18.8. The fraction of sp³-hybridized carbons (Fsp3) is 0.154. The van der Waals surface area contributed by atoms with Crippen LogP contribution in [0.5, 0.6) is 28.7 Å². The summed E-state index contributed by atoms with van der Waals surface area (Å²) in [5.74, 6) is -3.44. The zero-order chi connectivity index (χ0) is 25.4. The number of aromatic hydroxyl groups is 4. The number of carbonyl (C=O) groups is 1. The van der Waals surface area contributed by atoms with Crippen LogP contribution in [-0.2, 0) is 4.74 Å². The van der Waals surface area contributed by atoms with Gasteiger partial charge in [0.15, 0.2) is 17.3 Å². The van der Waals surface area contributed by atoms with Crippen molar-refractivity contribution >= 4 is 22.6 Å². The number of phenolic OH excluding ortho intramolecular Hbond substituents is 4. The van der Waals surface area contributed by atoms with Crippen molar-refractivity contribution in [2.45, 2.75) is 0 Å². The van der Waals surface area contributed by atoms with Crippen LogP contribution in [0.4, 0.5) is 5.69 Å². The number of rotatable bonds is 4. The van der Waals surface area contributed by atoms with E-state index in [1.54, 1.807) is 24.3 Å². The number of nitrogens with zero attached hydrogens (tertiary/aromatic N) is 1. The second-order valence-electron chi connectivity index (χ2n) is 8.17. The summed E-state index contributed by atoms with van der Waals surface area (Å²) in [6.45, 7) is 2.68. The number of benzene rings is 3. The first-order valence-electron chi connectivity index (χ1n) is 11.0. The summed E-state index contributed by atoms with van der Waals surface area (Å²) in [5.41, 5.74) is 0.146. The van der Waals surface area contributed by atoms with E-state index in [2.05, 4.69) is 4.90 Å². The molecule has 0 bridgehead atoms. The summed E-state index contributed by atoms with van der Waals surface area (Å²) in [4.78, 5) is 28.4. The minimum absolute atomic E-state index is 0.109. The zero-order valence-electron chi connectivity index (χ0n) is 18.8. The SMILES string of the molecule is O=C(Oc1c(-c2ccc(O)c(O)c2)oc2cc(O)cc(O)c2c1=O)c1ccc(N2CCOCC2)cc1. The van der Waals surface area contributed by atoms with Crippen molar-refractivity contribution in [3.63, 3.8) is 0 Å². The molecule has 0 spiro atoms. The molecule has 0 radical (unpaired) electrons. The Hall–Kier alpha value is -4.70. The summed E-state index contributed by atoms with van der Waals surface area (Å²) >= 11 is 0. The van der Waals surface area contributed by atoms with Crippen LogP contribution in [0.3, 0.4) is 0 Å². The van der Waals surface area contributed by atoms with Gasteiger partial charge in [0.05, 0.1) is 18.8 Å². The van der Waals surface area contributed by atoms with Gasteiger partial charge in [0, 0.05) is 36.5 Å². The Bertz CT molecular complexity index is 1520. The molecule has 0 unspecified atom stereocenters. The molecular formula is C26H21NO9. The molecule has 2 heterocycles. The first kappa shape index (κ1) is 23.1. The van der Waals surface area contributed by atoms with Gasteiger partial charge in [0.25, 0.3) is 0 Å². The van der Waals surface area contributed by atoms with Crippen molar-refractivity contribution in [2.75, 3.05) is 31.2 Å². The first-order valence-corrected chi connectivity index (χ1v) is 11.0. The quantitative estimate of drug-likeness (QED) is 0.247. The lowest BCUT2D eigenvalue weighted by Crippen LogP contribution is -2.36. The van der Waals surface area contributed by atoms with E-state index in [1.165, 1.54) is 12.1 Å². The highest BCUT2D eigenvalue weighted by atomic mass is 16.5. The minimum Gasteiger partial charge on any atom is -0.508 e. The van der Waals surface area contributed by atoms with E-state index in [-0.39, 0.29) is 33.6 Å². The van der Waals surface area contributed by atoms with Crippen LogP contribution in [0.2, 0.25) is 0 Å². The molecule has 1 aromatic heterocycles. The van der Waals surface area contributed by atoms with Crippen LogP contribution in [0.25, 0.3) is 22.3 Å². The third kappa shape index (κ3) is 4.25. The monoisotopic (exact) mass is 491 g/mol. The van der Waals surface area contributed by atoms with Gasteiger partial charge in [-0.15, -0.1) is 0 Å². The highest BCUT2D eigenvalue weighted by molar-refractivity contribution is 5.94. The Morgan fingerprint density at radius 1 is 0.861 bits per heavy atom. The molecular weight excluding hydrogens is 470 g/mol. The number of hydrogen-bond acceptors (Lipinski definition) is 10. The predicted molar refractivity (Wildman–Crippen MR) is 129 cm³/mol. The predicted octanol–water partition coefficient (Wildman–Crippen LogP) is 3.34. The molecule has 36 heavy (non-hydrogen) atoms. The number of phenols is 4. The molecule has 0 amide bonds. The number of anilines is 1. The van der Waals surface area contributed by atoms with Gasteiger partial charge < -0.3 is 39.2 Å². The average molecular weight is 491 g/mol. The van der Waals surface area contributed by atoms with Gasteiger partial charge in [-0.1, -0.05) is 0 Å². The molecule has 4 N–H and O–H groups in total. The van der Waals surface area contributed by atoms with E-state index in [0.29, 0.717) is 13.2 Å². The highest BCUT2D eigenvalue weighted by Gasteiger charge is 2.24. The lowest BCUT2D eigenvalue weighted by Gasteiger charge is -2.28. The number of hydrogen-bond donors (Lipinski definition) is 4. The fourth-order valence-electron chi connectivity index (χ4n) is 4.00. The lowest BCUT2D eigenvalue weighted by atomic mass is 10.1. The molecule has 5 rings (SSSR count). The number of morpholine rings is 1. The second-order valence-corrected chi connectivity index (χ2v) is 8.17. The maximum atomic E-state index is 13.3. The Morgan fingerprint density at radius 3 is 2.28 bits per heavy atom. The summed E-state index contributed by atoms with van der Waals surface area (Å²) in [5, 5.41) is 39.4. The fourth-order valence-corrected chi connectivity index (χ4v) is 4.00. The molecule has 4 aromatic rings. The summed E-state index contributed by atoms with van der Waals surface area (Å²) < 4.78 is 16.6. The second kappa shape index (κ2) is 9.16. The van der Waals surface area contributed by atoms with Crippen LogP contribution < -0.4 is 15.1 Å². The number of esters is 1. The molecule has 1 fully saturated rings. The molecule has 0 saturated carbocycles. The summed E-state index contributed by atoms with van der Waals surface area (Å²) in [7, 11) is 0. The highest BCUT2D eigenvalue weighted by Crippen LogP contribution is 2.38. The number of ether oxygens (including phenoxy) is 2. The van der Waals surface area contributed by atoms with Gasteiger partial charge in [-0.2, -0.15) is 0 Å². The molecule has 184 valence electrons. The normalized spacial score (nSPS) is 13.6. The van der Waals surface area contributed by atoms with Gasteiger partial charge in [-0.05, 0) is 42.5 Å². The van der Waals surface area contributed by atoms with Gasteiger partial charge in [0.1, 0.15) is 22.5 Å². The lowest BCUT2D eigenvalue weighted by molar-refractivity contribution is 0.0731. The average Bonchev–Trinajstić information content (AvgIpc) is 2.87. The molecule has 1 aliphatic heterocycles. The largest absolute Gasteiger partial charge is 0.508 e. The van der Waals surface area contributed by atoms with Crippen LogP contribution in [0.15, 0.2) is 63.8 Å². The van der Waals surface area contributed by atoms with Crippen molar-refractivity contribution in [1.29, 1.82) is 0 Å². The molecule has 1 aliphatic rings. The maximum Gasteiger partial charge on any atom is 0.343 e. The van der Waals surface area contributed by atoms with Gasteiger partial charge in [0.2, 0.25) is 11.2 Å². The van der Waals surface area contributed by atoms with Crippen molar-refractivity contribution < 1.29 is 39.1 Å². The van der Waals surface area contributed by atoms with Crippen molar-refractivity contribution in [3.8, 4) is 40.1 Å². The molecule has 3 aromatic carbocycles. The Balaban J connectivity index is 1.57. The van der Waals surface area contributed by atoms with Gasteiger partial charge >= 0.3 is 5.97 Å². The van der Waals surface area contributed by atoms with Gasteiger partial charge in [-0.3, -0.25) is 4.79 Å². The van der Waals surface area contributed by atoms with Crippen LogP contribution in [0, 0.1) is 0 Å². The Kier molecular flexibility index (Phi) is 5.87. The van der Waals surface area contributed by atoms with Gasteiger partial charge in [-0.25, -0.2) is 4.79 Å². The topological polar surface area (TPSA) is 150 Å². The van der Waals surface area contributed by atoms with E-state index in [9.17, 15) is 30.0 Å². The van der Waals surface area contributed by atoms with E-state index < -0.39 is 34.4 Å². The third-order valence-corrected chi connectivity index (χ3v) is 5.83. The molecule has 1 saturated heterocycles.